The van der Waals surface area contributed by atoms with Crippen molar-refractivity contribution in [1.29, 1.82) is 0 Å². The van der Waals surface area contributed by atoms with Crippen molar-refractivity contribution < 1.29 is 4.79 Å². The highest BCUT2D eigenvalue weighted by Crippen LogP contribution is 2.27. The molecule has 25 heavy (non-hydrogen) atoms. The molecular weight excluding hydrogens is 316 g/mol. The molecule has 2 aromatic rings. The van der Waals surface area contributed by atoms with E-state index in [1.807, 2.05) is 12.1 Å². The Morgan fingerprint density at radius 1 is 1.16 bits per heavy atom. The number of amides is 1. The molecule has 4 rings (SSSR count). The predicted octanol–water partition coefficient (Wildman–Crippen LogP) is 2.49. The summed E-state index contributed by atoms with van der Waals surface area (Å²) in [5.41, 5.74) is 7.88. The number of carbonyl (C=O) groups excluding carboxylic acids is 1. The van der Waals surface area contributed by atoms with Crippen molar-refractivity contribution in [3.8, 4) is 0 Å². The first-order valence-electron chi connectivity index (χ1n) is 8.74. The number of carbonyl (C=O) groups is 1. The van der Waals surface area contributed by atoms with Crippen LogP contribution in [0.4, 0.5) is 23.1 Å². The smallest absolute Gasteiger partial charge is 0.254 e. The Kier molecular flexibility index (Phi) is 4.13. The molecule has 130 valence electrons. The summed E-state index contributed by atoms with van der Waals surface area (Å²) in [6.45, 7) is 2.25. The van der Waals surface area contributed by atoms with Gasteiger partial charge in [0.1, 0.15) is 5.82 Å². The van der Waals surface area contributed by atoms with Crippen LogP contribution in [-0.4, -0.2) is 35.0 Å². The van der Waals surface area contributed by atoms with Crippen LogP contribution in [0.25, 0.3) is 0 Å². The number of nitrogens with zero attached hydrogens (tertiary/aromatic N) is 3. The Hall–Kier alpha value is -2.83. The zero-order valence-electron chi connectivity index (χ0n) is 14.0. The summed E-state index contributed by atoms with van der Waals surface area (Å²) in [6, 6.07) is 8.63. The van der Waals surface area contributed by atoms with Crippen LogP contribution in [0.2, 0.25) is 0 Å². The van der Waals surface area contributed by atoms with Crippen molar-refractivity contribution in [1.82, 2.24) is 9.97 Å². The minimum Gasteiger partial charge on any atom is -0.372 e. The van der Waals surface area contributed by atoms with Crippen molar-refractivity contribution in [3.63, 3.8) is 0 Å². The van der Waals surface area contributed by atoms with Gasteiger partial charge >= 0.3 is 0 Å². The molecule has 1 aliphatic heterocycles. The third kappa shape index (κ3) is 3.65. The maximum atomic E-state index is 11.5. The first-order chi connectivity index (χ1) is 12.2. The largest absolute Gasteiger partial charge is 0.372 e. The van der Waals surface area contributed by atoms with Crippen LogP contribution in [-0.2, 0) is 0 Å². The van der Waals surface area contributed by atoms with Crippen molar-refractivity contribution in [3.05, 3.63) is 36.0 Å². The molecule has 1 aliphatic carbocycles. The average molecular weight is 338 g/mol. The number of hydrogen-bond donors (Lipinski definition) is 3. The summed E-state index contributed by atoms with van der Waals surface area (Å²) >= 11 is 0. The van der Waals surface area contributed by atoms with Gasteiger partial charge < -0.3 is 21.3 Å². The highest BCUT2D eigenvalue weighted by atomic mass is 16.1. The fourth-order valence-corrected chi connectivity index (χ4v) is 3.01. The van der Waals surface area contributed by atoms with Crippen LogP contribution in [0, 0.1) is 0 Å². The number of anilines is 4. The summed E-state index contributed by atoms with van der Waals surface area (Å²) in [6.07, 6.45) is 6.17. The molecule has 1 saturated carbocycles. The topological polar surface area (TPSA) is 96.2 Å². The molecule has 0 unspecified atom stereocenters. The van der Waals surface area contributed by atoms with Crippen LogP contribution in [0.3, 0.4) is 0 Å². The van der Waals surface area contributed by atoms with Crippen LogP contribution in [0.5, 0.6) is 0 Å². The van der Waals surface area contributed by atoms with Crippen LogP contribution < -0.4 is 21.3 Å². The molecule has 0 spiro atoms. The molecule has 2 fully saturated rings. The van der Waals surface area contributed by atoms with Crippen LogP contribution in [0.1, 0.15) is 36.0 Å². The highest BCUT2D eigenvalue weighted by Gasteiger charge is 2.24. The SMILES string of the molecule is NC(=O)c1cnc(Nc2ccc(N3CCCC3)cc2)nc1NC1CC1. The summed E-state index contributed by atoms with van der Waals surface area (Å²) in [7, 11) is 0. The summed E-state index contributed by atoms with van der Waals surface area (Å²) < 4.78 is 0. The van der Waals surface area contributed by atoms with Gasteiger partial charge in [-0.15, -0.1) is 0 Å². The molecule has 7 nitrogen and oxygen atoms in total. The normalized spacial score (nSPS) is 16.7. The van der Waals surface area contributed by atoms with E-state index in [4.69, 9.17) is 5.73 Å². The first-order valence-corrected chi connectivity index (χ1v) is 8.74. The first kappa shape index (κ1) is 15.7. The fraction of sp³-hybridized carbons (Fsp3) is 0.389. The lowest BCUT2D eigenvalue weighted by Gasteiger charge is -2.18. The second-order valence-electron chi connectivity index (χ2n) is 6.60. The van der Waals surface area contributed by atoms with E-state index in [2.05, 4.69) is 37.6 Å². The van der Waals surface area contributed by atoms with E-state index in [1.54, 1.807) is 0 Å². The summed E-state index contributed by atoms with van der Waals surface area (Å²) in [5, 5.41) is 6.43. The number of benzene rings is 1. The van der Waals surface area contributed by atoms with Crippen LogP contribution in [0.15, 0.2) is 30.5 Å². The number of hydrogen-bond acceptors (Lipinski definition) is 6. The van der Waals surface area contributed by atoms with Gasteiger partial charge in [-0.1, -0.05) is 0 Å². The summed E-state index contributed by atoms with van der Waals surface area (Å²) in [5.74, 6) is 0.424. The lowest BCUT2D eigenvalue weighted by atomic mass is 10.2. The third-order valence-electron chi connectivity index (χ3n) is 4.57. The Bertz CT molecular complexity index is 766. The molecular formula is C18H22N6O. The van der Waals surface area contributed by atoms with E-state index in [1.165, 1.54) is 24.7 Å². The lowest BCUT2D eigenvalue weighted by molar-refractivity contribution is 0.100. The molecule has 1 aromatic heterocycles. The van der Waals surface area contributed by atoms with Gasteiger partial charge in [-0.25, -0.2) is 4.98 Å². The zero-order valence-corrected chi connectivity index (χ0v) is 14.0. The molecule has 2 aliphatic rings. The van der Waals surface area contributed by atoms with Crippen molar-refractivity contribution in [2.45, 2.75) is 31.7 Å². The fourth-order valence-electron chi connectivity index (χ4n) is 3.01. The Balaban J connectivity index is 1.50. The average Bonchev–Trinajstić information content (AvgIpc) is 3.25. The van der Waals surface area contributed by atoms with Gasteiger partial charge in [0.25, 0.3) is 5.91 Å². The van der Waals surface area contributed by atoms with E-state index in [0.717, 1.165) is 31.6 Å². The third-order valence-corrected chi connectivity index (χ3v) is 4.57. The monoisotopic (exact) mass is 338 g/mol. The molecule has 7 heteroatoms. The molecule has 2 heterocycles. The molecule has 1 amide bonds. The Labute approximate surface area is 146 Å². The van der Waals surface area contributed by atoms with Gasteiger partial charge in [-0.05, 0) is 49.9 Å². The van der Waals surface area contributed by atoms with E-state index < -0.39 is 5.91 Å². The quantitative estimate of drug-likeness (QED) is 0.749. The number of primary amides is 1. The zero-order chi connectivity index (χ0) is 17.2. The maximum Gasteiger partial charge on any atom is 0.254 e. The molecule has 0 radical (unpaired) electrons. The summed E-state index contributed by atoms with van der Waals surface area (Å²) in [4.78, 5) is 22.6. The molecule has 1 saturated heterocycles. The Morgan fingerprint density at radius 3 is 2.52 bits per heavy atom. The van der Waals surface area contributed by atoms with Gasteiger partial charge in [0.05, 0.1) is 5.56 Å². The van der Waals surface area contributed by atoms with E-state index >= 15 is 0 Å². The number of rotatable bonds is 6. The second-order valence-corrected chi connectivity index (χ2v) is 6.60. The van der Waals surface area contributed by atoms with Crippen molar-refractivity contribution in [2.75, 3.05) is 28.6 Å². The molecule has 4 N–H and O–H groups in total. The second kappa shape index (κ2) is 6.58. The van der Waals surface area contributed by atoms with Gasteiger partial charge in [0.2, 0.25) is 5.95 Å². The Morgan fingerprint density at radius 2 is 1.88 bits per heavy atom. The molecule has 0 bridgehead atoms. The molecule has 0 atom stereocenters. The van der Waals surface area contributed by atoms with E-state index in [9.17, 15) is 4.79 Å². The minimum atomic E-state index is -0.523. The van der Waals surface area contributed by atoms with Gasteiger partial charge in [0.15, 0.2) is 0 Å². The highest BCUT2D eigenvalue weighted by molar-refractivity contribution is 5.97. The number of nitrogens with one attached hydrogen (secondary N) is 2. The minimum absolute atomic E-state index is 0.321. The predicted molar refractivity (Wildman–Crippen MR) is 98.4 cm³/mol. The van der Waals surface area contributed by atoms with E-state index in [-0.39, 0.29) is 0 Å². The van der Waals surface area contributed by atoms with Crippen molar-refractivity contribution in [2.24, 2.45) is 5.73 Å². The standard InChI is InChI=1S/C18H22N6O/c19-16(25)15-11-20-18(23-17(15)21-12-3-4-12)22-13-5-7-14(8-6-13)24-9-1-2-10-24/h5-8,11-12H,1-4,9-10H2,(H2,19,25)(H2,20,21,22,23). The van der Waals surface area contributed by atoms with E-state index in [0.29, 0.717) is 23.4 Å². The van der Waals surface area contributed by atoms with Gasteiger partial charge in [0, 0.05) is 36.7 Å². The lowest BCUT2D eigenvalue weighted by Crippen LogP contribution is -2.18. The number of nitrogens with two attached hydrogens (primary N) is 1. The van der Waals surface area contributed by atoms with Gasteiger partial charge in [-0.3, -0.25) is 4.79 Å². The number of aromatic nitrogens is 2. The van der Waals surface area contributed by atoms with Crippen molar-refractivity contribution >= 4 is 29.0 Å². The molecule has 1 aromatic carbocycles. The van der Waals surface area contributed by atoms with Crippen LogP contribution >= 0.6 is 0 Å². The van der Waals surface area contributed by atoms with Gasteiger partial charge in [-0.2, -0.15) is 4.98 Å². The maximum absolute atomic E-state index is 11.5.